The van der Waals surface area contributed by atoms with Crippen molar-refractivity contribution < 1.29 is 19.4 Å². The number of Topliss-reactive ketones (excluding diaryl/α,β-unsaturated/α-hetero) is 1. The molecule has 0 aromatic heterocycles. The number of para-hydroxylation sites is 2. The maximum atomic E-state index is 13.1. The smallest absolute Gasteiger partial charge is 0.300 e. The second-order valence-electron chi connectivity index (χ2n) is 6.75. The number of hydrogen-bond donors (Lipinski definition) is 1. The predicted molar refractivity (Wildman–Crippen MR) is 116 cm³/mol. The fourth-order valence-corrected chi connectivity index (χ4v) is 3.76. The summed E-state index contributed by atoms with van der Waals surface area (Å²) in [5.74, 6) is -1.23. The van der Waals surface area contributed by atoms with E-state index in [2.05, 4.69) is 0 Å². The van der Waals surface area contributed by atoms with E-state index in [4.69, 9.17) is 16.3 Å². The Labute approximate surface area is 178 Å². The van der Waals surface area contributed by atoms with Gasteiger partial charge in [-0.05, 0) is 42.5 Å². The molecular formula is C24H18ClNO4. The number of ether oxygens (including phenoxy) is 1. The van der Waals surface area contributed by atoms with Crippen molar-refractivity contribution in [1.29, 1.82) is 0 Å². The minimum absolute atomic E-state index is 0.00400. The second kappa shape index (κ2) is 8.05. The molecule has 3 aromatic rings. The zero-order valence-corrected chi connectivity index (χ0v) is 16.8. The first-order chi connectivity index (χ1) is 14.5. The Kier molecular flexibility index (Phi) is 5.29. The Morgan fingerprint density at radius 1 is 0.933 bits per heavy atom. The van der Waals surface area contributed by atoms with E-state index in [1.165, 1.54) is 12.0 Å². The van der Waals surface area contributed by atoms with Gasteiger partial charge in [0.1, 0.15) is 11.5 Å². The minimum Gasteiger partial charge on any atom is -0.507 e. The molecule has 0 spiro atoms. The van der Waals surface area contributed by atoms with Crippen LogP contribution in [0.15, 0.2) is 84.4 Å². The number of aliphatic hydroxyl groups excluding tert-OH is 1. The quantitative estimate of drug-likeness (QED) is 0.368. The van der Waals surface area contributed by atoms with Gasteiger partial charge in [0.15, 0.2) is 0 Å². The molecule has 3 aromatic carbocycles. The first-order valence-corrected chi connectivity index (χ1v) is 9.65. The zero-order chi connectivity index (χ0) is 21.3. The lowest BCUT2D eigenvalue weighted by Crippen LogP contribution is -2.29. The maximum Gasteiger partial charge on any atom is 0.300 e. The number of amides is 1. The third kappa shape index (κ3) is 3.33. The average Bonchev–Trinajstić information content (AvgIpc) is 3.04. The second-order valence-corrected chi connectivity index (χ2v) is 7.19. The summed E-state index contributed by atoms with van der Waals surface area (Å²) >= 11 is 5.95. The summed E-state index contributed by atoms with van der Waals surface area (Å²) in [6.07, 6.45) is 0. The molecule has 30 heavy (non-hydrogen) atoms. The molecular weight excluding hydrogens is 402 g/mol. The lowest BCUT2D eigenvalue weighted by molar-refractivity contribution is -0.132. The first kappa shape index (κ1) is 19.7. The summed E-state index contributed by atoms with van der Waals surface area (Å²) in [5.41, 5.74) is 1.53. The normalized spacial score (nSPS) is 17.9. The molecule has 1 aliphatic rings. The number of hydrogen-bond acceptors (Lipinski definition) is 4. The summed E-state index contributed by atoms with van der Waals surface area (Å²) in [6.45, 7) is 0. The largest absolute Gasteiger partial charge is 0.507 e. The van der Waals surface area contributed by atoms with Crippen LogP contribution in [0.5, 0.6) is 5.75 Å². The lowest BCUT2D eigenvalue weighted by atomic mass is 9.94. The molecule has 1 unspecified atom stereocenters. The molecule has 1 aliphatic heterocycles. The van der Waals surface area contributed by atoms with Gasteiger partial charge in [-0.15, -0.1) is 0 Å². The Hall–Kier alpha value is -3.57. The van der Waals surface area contributed by atoms with E-state index >= 15 is 0 Å². The molecule has 1 N–H and O–H groups in total. The molecule has 0 bridgehead atoms. The van der Waals surface area contributed by atoms with Crippen LogP contribution in [0.4, 0.5) is 5.69 Å². The van der Waals surface area contributed by atoms with E-state index in [0.29, 0.717) is 27.6 Å². The van der Waals surface area contributed by atoms with Crippen LogP contribution in [0.2, 0.25) is 5.02 Å². The summed E-state index contributed by atoms with van der Waals surface area (Å²) in [5, 5.41) is 11.6. The molecule has 1 fully saturated rings. The zero-order valence-electron chi connectivity index (χ0n) is 16.1. The van der Waals surface area contributed by atoms with Crippen LogP contribution < -0.4 is 9.64 Å². The lowest BCUT2D eigenvalue weighted by Gasteiger charge is -2.26. The van der Waals surface area contributed by atoms with Crippen LogP contribution in [-0.2, 0) is 9.59 Å². The van der Waals surface area contributed by atoms with Gasteiger partial charge < -0.3 is 9.84 Å². The first-order valence-electron chi connectivity index (χ1n) is 9.28. The van der Waals surface area contributed by atoms with Crippen molar-refractivity contribution in [3.63, 3.8) is 0 Å². The number of rotatable bonds is 4. The molecule has 0 radical (unpaired) electrons. The molecule has 0 saturated carbocycles. The van der Waals surface area contributed by atoms with Crippen LogP contribution in [0.25, 0.3) is 5.76 Å². The van der Waals surface area contributed by atoms with Gasteiger partial charge in [-0.2, -0.15) is 0 Å². The van der Waals surface area contributed by atoms with Crippen LogP contribution in [0, 0.1) is 0 Å². The molecule has 1 saturated heterocycles. The van der Waals surface area contributed by atoms with Crippen LogP contribution in [0.3, 0.4) is 0 Å². The number of methoxy groups -OCH3 is 1. The van der Waals surface area contributed by atoms with E-state index in [1.54, 1.807) is 72.8 Å². The number of nitrogens with zero attached hydrogens (tertiary/aromatic N) is 1. The van der Waals surface area contributed by atoms with Gasteiger partial charge in [0.2, 0.25) is 0 Å². The topological polar surface area (TPSA) is 66.8 Å². The highest BCUT2D eigenvalue weighted by Gasteiger charge is 2.47. The summed E-state index contributed by atoms with van der Waals surface area (Å²) in [4.78, 5) is 27.5. The van der Waals surface area contributed by atoms with Crippen LogP contribution in [0.1, 0.15) is 17.2 Å². The Bertz CT molecular complexity index is 1140. The van der Waals surface area contributed by atoms with E-state index < -0.39 is 17.7 Å². The van der Waals surface area contributed by atoms with Crippen molar-refractivity contribution in [3.8, 4) is 5.75 Å². The van der Waals surface area contributed by atoms with Crippen molar-refractivity contribution in [1.82, 2.24) is 0 Å². The molecule has 5 nitrogen and oxygen atoms in total. The summed E-state index contributed by atoms with van der Waals surface area (Å²) in [7, 11) is 1.52. The third-order valence-electron chi connectivity index (χ3n) is 5.03. The highest BCUT2D eigenvalue weighted by atomic mass is 35.5. The number of aliphatic hydroxyl groups is 1. The fourth-order valence-electron chi connectivity index (χ4n) is 3.64. The highest BCUT2D eigenvalue weighted by Crippen LogP contribution is 2.44. The molecule has 1 atom stereocenters. The van der Waals surface area contributed by atoms with E-state index in [-0.39, 0.29) is 11.3 Å². The van der Waals surface area contributed by atoms with Crippen molar-refractivity contribution >= 4 is 34.7 Å². The molecule has 150 valence electrons. The number of halogens is 1. The van der Waals surface area contributed by atoms with Gasteiger partial charge in [-0.1, -0.05) is 48.0 Å². The molecule has 1 heterocycles. The number of carbonyl (C=O) groups excluding carboxylic acids is 2. The van der Waals surface area contributed by atoms with Crippen molar-refractivity contribution in [2.24, 2.45) is 0 Å². The fraction of sp³-hybridized carbons (Fsp3) is 0.0833. The van der Waals surface area contributed by atoms with E-state index in [1.807, 2.05) is 6.07 Å². The van der Waals surface area contributed by atoms with Gasteiger partial charge >= 0.3 is 0 Å². The van der Waals surface area contributed by atoms with Crippen molar-refractivity contribution in [3.05, 3.63) is 101 Å². The van der Waals surface area contributed by atoms with Gasteiger partial charge in [-0.3, -0.25) is 14.5 Å². The summed E-state index contributed by atoms with van der Waals surface area (Å²) < 4.78 is 5.49. The molecule has 1 amide bonds. The molecule has 6 heteroatoms. The highest BCUT2D eigenvalue weighted by molar-refractivity contribution is 6.51. The van der Waals surface area contributed by atoms with Gasteiger partial charge in [-0.25, -0.2) is 0 Å². The molecule has 0 aliphatic carbocycles. The number of carbonyl (C=O) groups is 2. The Morgan fingerprint density at radius 3 is 2.23 bits per heavy atom. The van der Waals surface area contributed by atoms with E-state index in [9.17, 15) is 14.7 Å². The third-order valence-corrected chi connectivity index (χ3v) is 5.28. The average molecular weight is 420 g/mol. The van der Waals surface area contributed by atoms with E-state index in [0.717, 1.165) is 0 Å². The van der Waals surface area contributed by atoms with Crippen LogP contribution in [-0.4, -0.2) is 23.9 Å². The minimum atomic E-state index is -0.848. The van der Waals surface area contributed by atoms with Crippen LogP contribution >= 0.6 is 11.6 Å². The number of benzene rings is 3. The number of ketones is 1. The van der Waals surface area contributed by atoms with Gasteiger partial charge in [0, 0.05) is 21.8 Å². The Balaban J connectivity index is 1.98. The Morgan fingerprint density at radius 2 is 1.57 bits per heavy atom. The predicted octanol–water partition coefficient (Wildman–Crippen LogP) is 4.97. The van der Waals surface area contributed by atoms with Gasteiger partial charge in [0.25, 0.3) is 11.7 Å². The van der Waals surface area contributed by atoms with Crippen molar-refractivity contribution in [2.75, 3.05) is 12.0 Å². The number of anilines is 1. The van der Waals surface area contributed by atoms with Crippen molar-refractivity contribution in [2.45, 2.75) is 6.04 Å². The maximum absolute atomic E-state index is 13.1. The van der Waals surface area contributed by atoms with Gasteiger partial charge in [0.05, 0.1) is 18.7 Å². The molecule has 4 rings (SSSR count). The standard InChI is InChI=1S/C24H18ClNO4/c1-30-19-10-6-5-9-18(19)21-20(22(27)15-11-13-16(25)14-12-15)23(28)24(29)26(21)17-7-3-2-4-8-17/h2-14,21,27H,1H3/b22-20-. The monoisotopic (exact) mass is 419 g/mol. The summed E-state index contributed by atoms with van der Waals surface area (Å²) in [6, 6.07) is 21.6. The SMILES string of the molecule is COc1ccccc1C1/C(=C(/O)c2ccc(Cl)cc2)C(=O)C(=O)N1c1ccccc1.